The van der Waals surface area contributed by atoms with Crippen molar-refractivity contribution in [2.75, 3.05) is 0 Å². The van der Waals surface area contributed by atoms with Crippen LogP contribution in [-0.2, 0) is 6.54 Å². The van der Waals surface area contributed by atoms with E-state index in [-0.39, 0.29) is 17.6 Å². The number of hydrogen-bond acceptors (Lipinski definition) is 4. The molecule has 0 saturated heterocycles. The number of carbonyl (C=O) groups is 1. The van der Waals surface area contributed by atoms with Gasteiger partial charge in [-0.3, -0.25) is 14.9 Å². The zero-order valence-corrected chi connectivity index (χ0v) is 12.3. The minimum Gasteiger partial charge on any atom is -0.327 e. The molecule has 6 nitrogen and oxygen atoms in total. The number of rotatable bonds is 5. The van der Waals surface area contributed by atoms with E-state index in [1.165, 1.54) is 0 Å². The minimum absolute atomic E-state index is 0.119. The molecule has 21 heavy (non-hydrogen) atoms. The van der Waals surface area contributed by atoms with Gasteiger partial charge in [0.15, 0.2) is 0 Å². The first kappa shape index (κ1) is 13.7. The summed E-state index contributed by atoms with van der Waals surface area (Å²) in [5.74, 6) is 1.10. The van der Waals surface area contributed by atoms with Crippen LogP contribution >= 0.6 is 0 Å². The second-order valence-corrected chi connectivity index (χ2v) is 5.68. The van der Waals surface area contributed by atoms with E-state index >= 15 is 0 Å². The van der Waals surface area contributed by atoms with Crippen LogP contribution in [0.3, 0.4) is 0 Å². The molecule has 1 fully saturated rings. The van der Waals surface area contributed by atoms with Gasteiger partial charge in [-0.2, -0.15) is 0 Å². The van der Waals surface area contributed by atoms with E-state index in [1.807, 2.05) is 36.9 Å². The van der Waals surface area contributed by atoms with Crippen LogP contribution in [0.4, 0.5) is 0 Å². The molecule has 0 bridgehead atoms. The number of nitrogens with zero attached hydrogens (tertiary/aromatic N) is 4. The van der Waals surface area contributed by atoms with Crippen LogP contribution in [-0.4, -0.2) is 37.0 Å². The third-order valence-electron chi connectivity index (χ3n) is 3.55. The highest BCUT2D eigenvalue weighted by molar-refractivity contribution is 5.90. The second kappa shape index (κ2) is 5.63. The Morgan fingerprint density at radius 2 is 2.24 bits per heavy atom. The highest BCUT2D eigenvalue weighted by Crippen LogP contribution is 2.29. The maximum absolute atomic E-state index is 12.6. The summed E-state index contributed by atoms with van der Waals surface area (Å²) in [4.78, 5) is 23.0. The van der Waals surface area contributed by atoms with Crippen molar-refractivity contribution in [2.24, 2.45) is 0 Å². The largest absolute Gasteiger partial charge is 0.327 e. The van der Waals surface area contributed by atoms with E-state index in [1.54, 1.807) is 6.20 Å². The van der Waals surface area contributed by atoms with Gasteiger partial charge in [-0.25, -0.2) is 4.98 Å². The van der Waals surface area contributed by atoms with Crippen LogP contribution in [0.25, 0.3) is 0 Å². The maximum Gasteiger partial charge on any atom is 0.294 e. The highest BCUT2D eigenvalue weighted by Gasteiger charge is 2.35. The number of aromatic nitrogens is 4. The molecule has 110 valence electrons. The first-order valence-corrected chi connectivity index (χ1v) is 7.28. The van der Waals surface area contributed by atoms with E-state index in [0.717, 1.165) is 24.4 Å². The van der Waals surface area contributed by atoms with Gasteiger partial charge in [0.1, 0.15) is 5.82 Å². The van der Waals surface area contributed by atoms with Crippen molar-refractivity contribution < 1.29 is 4.79 Å². The Morgan fingerprint density at radius 3 is 2.81 bits per heavy atom. The number of carbonyl (C=O) groups excluding carboxylic acids is 1. The molecule has 2 aromatic rings. The van der Waals surface area contributed by atoms with Crippen molar-refractivity contribution in [2.45, 2.75) is 45.2 Å². The van der Waals surface area contributed by atoms with E-state index in [2.05, 4.69) is 20.2 Å². The molecule has 2 heterocycles. The molecule has 1 amide bonds. The predicted molar refractivity (Wildman–Crippen MR) is 77.6 cm³/mol. The average Bonchev–Trinajstić information content (AvgIpc) is 3.20. The lowest BCUT2D eigenvalue weighted by molar-refractivity contribution is 0.0715. The van der Waals surface area contributed by atoms with Gasteiger partial charge in [0.05, 0.1) is 12.2 Å². The number of nitrogens with one attached hydrogen (secondary N) is 1. The summed E-state index contributed by atoms with van der Waals surface area (Å²) in [5, 5.41) is 6.90. The van der Waals surface area contributed by atoms with Gasteiger partial charge < -0.3 is 4.90 Å². The SMILES string of the molecule is CC(C)c1nc(C(=O)N(Cc2ccccn2)C2CC2)n[nH]1. The molecule has 2 aromatic heterocycles. The molecule has 0 atom stereocenters. The Balaban J connectivity index is 1.78. The first-order valence-electron chi connectivity index (χ1n) is 7.28. The normalized spacial score (nSPS) is 14.4. The lowest BCUT2D eigenvalue weighted by atomic mass is 10.2. The van der Waals surface area contributed by atoms with Gasteiger partial charge in [-0.05, 0) is 25.0 Å². The van der Waals surface area contributed by atoms with E-state index in [4.69, 9.17) is 0 Å². The van der Waals surface area contributed by atoms with Gasteiger partial charge in [0.2, 0.25) is 5.82 Å². The standard InChI is InChI=1S/C15H19N5O/c1-10(2)13-17-14(19-18-13)15(21)20(12-6-7-12)9-11-5-3-4-8-16-11/h3-5,8,10,12H,6-7,9H2,1-2H3,(H,17,18,19). The molecule has 6 heteroatoms. The Bertz CT molecular complexity index is 618. The highest BCUT2D eigenvalue weighted by atomic mass is 16.2. The Labute approximate surface area is 123 Å². The number of aromatic amines is 1. The Morgan fingerprint density at radius 1 is 1.43 bits per heavy atom. The Kier molecular flexibility index (Phi) is 3.68. The summed E-state index contributed by atoms with van der Waals surface area (Å²) in [6.45, 7) is 4.54. The van der Waals surface area contributed by atoms with Crippen molar-refractivity contribution in [3.63, 3.8) is 0 Å². The topological polar surface area (TPSA) is 74.8 Å². The summed E-state index contributed by atoms with van der Waals surface area (Å²) in [7, 11) is 0. The molecule has 1 aliphatic carbocycles. The van der Waals surface area contributed by atoms with Crippen LogP contribution < -0.4 is 0 Å². The fraction of sp³-hybridized carbons (Fsp3) is 0.467. The third kappa shape index (κ3) is 3.09. The molecule has 0 unspecified atom stereocenters. The van der Waals surface area contributed by atoms with Crippen molar-refractivity contribution in [3.05, 3.63) is 41.7 Å². The number of amides is 1. The third-order valence-corrected chi connectivity index (χ3v) is 3.55. The van der Waals surface area contributed by atoms with Gasteiger partial charge in [-0.1, -0.05) is 19.9 Å². The molecule has 0 aromatic carbocycles. The quantitative estimate of drug-likeness (QED) is 0.913. The van der Waals surface area contributed by atoms with E-state index < -0.39 is 0 Å². The van der Waals surface area contributed by atoms with Gasteiger partial charge in [0, 0.05) is 18.2 Å². The Hall–Kier alpha value is -2.24. The summed E-state index contributed by atoms with van der Waals surface area (Å²) < 4.78 is 0. The lowest BCUT2D eigenvalue weighted by Crippen LogP contribution is -2.33. The second-order valence-electron chi connectivity index (χ2n) is 5.68. The van der Waals surface area contributed by atoms with Crippen molar-refractivity contribution in [1.82, 2.24) is 25.1 Å². The zero-order valence-electron chi connectivity index (χ0n) is 12.3. The van der Waals surface area contributed by atoms with Crippen LogP contribution in [0.5, 0.6) is 0 Å². The van der Waals surface area contributed by atoms with Gasteiger partial charge in [0.25, 0.3) is 5.91 Å². The fourth-order valence-electron chi connectivity index (χ4n) is 2.18. The van der Waals surface area contributed by atoms with Crippen LogP contribution in [0.2, 0.25) is 0 Å². The van der Waals surface area contributed by atoms with Crippen molar-refractivity contribution in [3.8, 4) is 0 Å². The number of H-pyrrole nitrogens is 1. The monoisotopic (exact) mass is 285 g/mol. The van der Waals surface area contributed by atoms with E-state index in [9.17, 15) is 4.79 Å². The molecule has 1 N–H and O–H groups in total. The lowest BCUT2D eigenvalue weighted by Gasteiger charge is -2.20. The molecule has 0 radical (unpaired) electrons. The van der Waals surface area contributed by atoms with Gasteiger partial charge in [-0.15, -0.1) is 5.10 Å². The minimum atomic E-state index is -0.119. The average molecular weight is 285 g/mol. The maximum atomic E-state index is 12.6. The molecule has 1 saturated carbocycles. The van der Waals surface area contributed by atoms with E-state index in [0.29, 0.717) is 12.6 Å². The molecular formula is C15H19N5O. The van der Waals surface area contributed by atoms with Gasteiger partial charge >= 0.3 is 0 Å². The number of hydrogen-bond donors (Lipinski definition) is 1. The van der Waals surface area contributed by atoms with Crippen LogP contribution in [0.15, 0.2) is 24.4 Å². The van der Waals surface area contributed by atoms with Crippen LogP contribution in [0, 0.1) is 0 Å². The molecule has 0 aliphatic heterocycles. The summed E-state index contributed by atoms with van der Waals surface area (Å²) in [6.07, 6.45) is 3.83. The zero-order chi connectivity index (χ0) is 14.8. The first-order chi connectivity index (χ1) is 10.1. The van der Waals surface area contributed by atoms with Crippen LogP contribution in [0.1, 0.15) is 54.7 Å². The van der Waals surface area contributed by atoms with Crippen molar-refractivity contribution in [1.29, 1.82) is 0 Å². The number of pyridine rings is 1. The fourth-order valence-corrected chi connectivity index (χ4v) is 2.18. The predicted octanol–water partition coefficient (Wildman–Crippen LogP) is 2.13. The molecule has 3 rings (SSSR count). The summed E-state index contributed by atoms with van der Waals surface area (Å²) in [5.41, 5.74) is 0.886. The molecule has 0 spiro atoms. The van der Waals surface area contributed by atoms with Crippen molar-refractivity contribution >= 4 is 5.91 Å². The summed E-state index contributed by atoms with van der Waals surface area (Å²) >= 11 is 0. The smallest absolute Gasteiger partial charge is 0.294 e. The molecular weight excluding hydrogens is 266 g/mol. The summed E-state index contributed by atoms with van der Waals surface area (Å²) in [6, 6.07) is 6.03. The molecule has 1 aliphatic rings.